The van der Waals surface area contributed by atoms with E-state index in [0.29, 0.717) is 5.54 Å². The molecule has 0 saturated heterocycles. The summed E-state index contributed by atoms with van der Waals surface area (Å²) in [6, 6.07) is 0.778. The zero-order valence-corrected chi connectivity index (χ0v) is 14.7. The molecule has 21 heavy (non-hydrogen) atoms. The van der Waals surface area contributed by atoms with Crippen molar-refractivity contribution in [1.29, 1.82) is 0 Å². The van der Waals surface area contributed by atoms with Gasteiger partial charge in [-0.2, -0.15) is 0 Å². The molecule has 0 aromatic rings. The average Bonchev–Trinajstić information content (AvgIpc) is 2.70. The van der Waals surface area contributed by atoms with E-state index in [-0.39, 0.29) is 0 Å². The summed E-state index contributed by atoms with van der Waals surface area (Å²) in [4.78, 5) is 2.73. The SMILES string of the molecule is CCCC1CCCC(CN)(N(C)C2CCCC(C)C2)CC1. The van der Waals surface area contributed by atoms with E-state index in [1.54, 1.807) is 0 Å². The molecule has 4 unspecified atom stereocenters. The van der Waals surface area contributed by atoms with E-state index < -0.39 is 0 Å². The summed E-state index contributed by atoms with van der Waals surface area (Å²) in [5.41, 5.74) is 6.62. The standard InChI is InChI=1S/C19H38N2/c1-4-7-17-9-6-12-19(15-20,13-11-17)21(3)18-10-5-8-16(2)14-18/h16-18H,4-15,20H2,1-3H3. The molecule has 2 fully saturated rings. The van der Waals surface area contributed by atoms with Gasteiger partial charge in [-0.3, -0.25) is 4.90 Å². The molecule has 2 aliphatic rings. The Hall–Kier alpha value is -0.0800. The van der Waals surface area contributed by atoms with Crippen LogP contribution >= 0.6 is 0 Å². The summed E-state index contributed by atoms with van der Waals surface area (Å²) < 4.78 is 0. The number of rotatable bonds is 5. The van der Waals surface area contributed by atoms with Crippen LogP contribution in [0.3, 0.4) is 0 Å². The van der Waals surface area contributed by atoms with Gasteiger partial charge in [0.15, 0.2) is 0 Å². The first-order chi connectivity index (χ1) is 10.1. The van der Waals surface area contributed by atoms with E-state index in [9.17, 15) is 0 Å². The Balaban J connectivity index is 2.02. The summed E-state index contributed by atoms with van der Waals surface area (Å²) in [5.74, 6) is 1.86. The topological polar surface area (TPSA) is 29.3 Å². The minimum absolute atomic E-state index is 0.296. The van der Waals surface area contributed by atoms with Crippen molar-refractivity contribution in [2.24, 2.45) is 17.6 Å². The quantitative estimate of drug-likeness (QED) is 0.752. The van der Waals surface area contributed by atoms with Crippen molar-refractivity contribution in [3.8, 4) is 0 Å². The number of nitrogens with two attached hydrogens (primary N) is 1. The highest BCUT2D eigenvalue weighted by Gasteiger charge is 2.39. The lowest BCUT2D eigenvalue weighted by molar-refractivity contribution is 0.0350. The molecule has 0 aliphatic heterocycles. The van der Waals surface area contributed by atoms with Gasteiger partial charge < -0.3 is 5.73 Å². The zero-order chi connectivity index (χ0) is 15.3. The molecule has 0 amide bonds. The van der Waals surface area contributed by atoms with Gasteiger partial charge in [-0.1, -0.05) is 52.4 Å². The summed E-state index contributed by atoms with van der Waals surface area (Å²) in [6.45, 7) is 5.61. The van der Waals surface area contributed by atoms with Crippen molar-refractivity contribution >= 4 is 0 Å². The van der Waals surface area contributed by atoms with Crippen molar-refractivity contribution in [2.45, 2.75) is 96.1 Å². The molecule has 0 aromatic carbocycles. The van der Waals surface area contributed by atoms with Crippen LogP contribution in [0.15, 0.2) is 0 Å². The molecular formula is C19H38N2. The van der Waals surface area contributed by atoms with E-state index in [0.717, 1.165) is 24.4 Å². The number of likely N-dealkylation sites (N-methyl/N-ethyl adjacent to an activating group) is 1. The van der Waals surface area contributed by atoms with Crippen LogP contribution in [0.4, 0.5) is 0 Å². The normalized spacial score (nSPS) is 38.4. The van der Waals surface area contributed by atoms with Gasteiger partial charge in [-0.25, -0.2) is 0 Å². The second-order valence-corrected chi connectivity index (χ2v) is 8.05. The Labute approximate surface area is 132 Å². The lowest BCUT2D eigenvalue weighted by Crippen LogP contribution is -2.56. The second kappa shape index (κ2) is 7.97. The Morgan fingerprint density at radius 2 is 1.90 bits per heavy atom. The van der Waals surface area contributed by atoms with Gasteiger partial charge in [0, 0.05) is 18.1 Å². The van der Waals surface area contributed by atoms with Crippen LogP contribution in [0.25, 0.3) is 0 Å². The molecule has 2 heteroatoms. The first-order valence-electron chi connectivity index (χ1n) is 9.54. The third-order valence-corrected chi connectivity index (χ3v) is 6.55. The van der Waals surface area contributed by atoms with Crippen molar-refractivity contribution in [2.75, 3.05) is 13.6 Å². The molecule has 124 valence electrons. The molecule has 0 radical (unpaired) electrons. The average molecular weight is 295 g/mol. The maximum atomic E-state index is 6.33. The van der Waals surface area contributed by atoms with Crippen LogP contribution in [0.5, 0.6) is 0 Å². The fraction of sp³-hybridized carbons (Fsp3) is 1.00. The van der Waals surface area contributed by atoms with Gasteiger partial charge in [-0.15, -0.1) is 0 Å². The first kappa shape index (κ1) is 17.3. The lowest BCUT2D eigenvalue weighted by atomic mass is 9.81. The molecule has 2 saturated carbocycles. The van der Waals surface area contributed by atoms with Crippen LogP contribution in [-0.2, 0) is 0 Å². The Kier molecular flexibility index (Phi) is 6.55. The number of hydrogen-bond donors (Lipinski definition) is 1. The second-order valence-electron chi connectivity index (χ2n) is 8.05. The predicted molar refractivity (Wildman–Crippen MR) is 92.5 cm³/mol. The maximum Gasteiger partial charge on any atom is 0.0331 e. The monoisotopic (exact) mass is 294 g/mol. The van der Waals surface area contributed by atoms with Crippen LogP contribution in [-0.4, -0.2) is 30.1 Å². The van der Waals surface area contributed by atoms with Gasteiger partial charge in [0.25, 0.3) is 0 Å². The Morgan fingerprint density at radius 1 is 1.10 bits per heavy atom. The molecule has 4 atom stereocenters. The fourth-order valence-corrected chi connectivity index (χ4v) is 5.00. The number of hydrogen-bond acceptors (Lipinski definition) is 2. The van der Waals surface area contributed by atoms with E-state index >= 15 is 0 Å². The zero-order valence-electron chi connectivity index (χ0n) is 14.7. The number of nitrogens with zero attached hydrogens (tertiary/aromatic N) is 1. The first-order valence-corrected chi connectivity index (χ1v) is 9.54. The van der Waals surface area contributed by atoms with Crippen LogP contribution in [0.2, 0.25) is 0 Å². The largest absolute Gasteiger partial charge is 0.329 e. The third kappa shape index (κ3) is 4.22. The molecular weight excluding hydrogens is 256 g/mol. The van der Waals surface area contributed by atoms with Crippen molar-refractivity contribution in [1.82, 2.24) is 4.90 Å². The molecule has 0 aromatic heterocycles. The smallest absolute Gasteiger partial charge is 0.0331 e. The minimum Gasteiger partial charge on any atom is -0.329 e. The summed E-state index contributed by atoms with van der Waals surface area (Å²) >= 11 is 0. The van der Waals surface area contributed by atoms with Gasteiger partial charge in [0.1, 0.15) is 0 Å². The fourth-order valence-electron chi connectivity index (χ4n) is 5.00. The molecule has 2 aliphatic carbocycles. The van der Waals surface area contributed by atoms with Crippen molar-refractivity contribution in [3.05, 3.63) is 0 Å². The van der Waals surface area contributed by atoms with Gasteiger partial charge in [0.05, 0.1) is 0 Å². The molecule has 0 heterocycles. The summed E-state index contributed by atoms with van der Waals surface area (Å²) in [6.07, 6.45) is 15.3. The molecule has 2 rings (SSSR count). The van der Waals surface area contributed by atoms with E-state index in [1.807, 2.05) is 0 Å². The van der Waals surface area contributed by atoms with E-state index in [4.69, 9.17) is 5.73 Å². The maximum absolute atomic E-state index is 6.33. The Morgan fingerprint density at radius 3 is 2.57 bits per heavy atom. The summed E-state index contributed by atoms with van der Waals surface area (Å²) in [7, 11) is 2.38. The minimum atomic E-state index is 0.296. The van der Waals surface area contributed by atoms with Crippen molar-refractivity contribution in [3.63, 3.8) is 0 Å². The molecule has 0 bridgehead atoms. The van der Waals surface area contributed by atoms with Crippen LogP contribution in [0.1, 0.15) is 84.5 Å². The van der Waals surface area contributed by atoms with E-state index in [2.05, 4.69) is 25.8 Å². The van der Waals surface area contributed by atoms with Crippen molar-refractivity contribution < 1.29 is 0 Å². The highest BCUT2D eigenvalue weighted by molar-refractivity contribution is 4.96. The highest BCUT2D eigenvalue weighted by Crippen LogP contribution is 2.39. The van der Waals surface area contributed by atoms with Gasteiger partial charge in [-0.05, 0) is 51.0 Å². The Bertz CT molecular complexity index is 304. The molecule has 2 nitrogen and oxygen atoms in total. The molecule has 2 N–H and O–H groups in total. The lowest BCUT2D eigenvalue weighted by Gasteiger charge is -2.47. The predicted octanol–water partition coefficient (Wildman–Crippen LogP) is 4.57. The van der Waals surface area contributed by atoms with Gasteiger partial charge >= 0.3 is 0 Å². The summed E-state index contributed by atoms with van der Waals surface area (Å²) in [5, 5.41) is 0. The van der Waals surface area contributed by atoms with Crippen LogP contribution in [0, 0.1) is 11.8 Å². The van der Waals surface area contributed by atoms with Gasteiger partial charge in [0.2, 0.25) is 0 Å². The third-order valence-electron chi connectivity index (χ3n) is 6.55. The van der Waals surface area contributed by atoms with E-state index in [1.165, 1.54) is 70.6 Å². The highest BCUT2D eigenvalue weighted by atomic mass is 15.2. The van der Waals surface area contributed by atoms with Crippen LogP contribution < -0.4 is 5.73 Å². The molecule has 0 spiro atoms.